The lowest BCUT2D eigenvalue weighted by Gasteiger charge is -2.12. The second kappa shape index (κ2) is 9.32. The minimum absolute atomic E-state index is 0.279. The molecule has 1 fully saturated rings. The molecule has 0 spiro atoms. The maximum absolute atomic E-state index is 13.0. The summed E-state index contributed by atoms with van der Waals surface area (Å²) in [6, 6.07) is 16.9. The van der Waals surface area contributed by atoms with E-state index in [4.69, 9.17) is 4.74 Å². The fourth-order valence-corrected chi connectivity index (χ4v) is 5.03. The van der Waals surface area contributed by atoms with Gasteiger partial charge in [-0.15, -0.1) is 11.3 Å². The van der Waals surface area contributed by atoms with E-state index in [1.165, 1.54) is 16.2 Å². The van der Waals surface area contributed by atoms with Crippen molar-refractivity contribution < 1.29 is 19.4 Å². The van der Waals surface area contributed by atoms with Gasteiger partial charge in [0, 0.05) is 10.9 Å². The van der Waals surface area contributed by atoms with Gasteiger partial charge in [0.1, 0.15) is 11.0 Å². The summed E-state index contributed by atoms with van der Waals surface area (Å²) in [6.07, 6.45) is -0.279. The number of carbonyl (C=O) groups is 2. The molecule has 9 heteroatoms. The van der Waals surface area contributed by atoms with Gasteiger partial charge in [-0.05, 0) is 31.2 Å². The van der Waals surface area contributed by atoms with Crippen molar-refractivity contribution in [1.82, 2.24) is 4.98 Å². The molecule has 1 N–H and O–H groups in total. The second-order valence-electron chi connectivity index (χ2n) is 6.58. The number of ether oxygens (including phenoxy) is 1. The molecule has 2 heterocycles. The normalized spacial score (nSPS) is 17.3. The number of carbonyl (C=O) groups excluding carboxylic acids is 1. The number of rotatable bonds is 7. The highest BCUT2D eigenvalue weighted by atomic mass is 32.2. The molecule has 158 valence electrons. The van der Waals surface area contributed by atoms with E-state index >= 15 is 0 Å². The molecular formula is C22H19N3O4S2. The van der Waals surface area contributed by atoms with Crippen LogP contribution in [0.4, 0.5) is 10.8 Å². The van der Waals surface area contributed by atoms with Gasteiger partial charge in [-0.25, -0.2) is 14.9 Å². The number of aromatic nitrogens is 1. The number of anilines is 1. The van der Waals surface area contributed by atoms with Crippen LogP contribution >= 0.6 is 23.1 Å². The SMILES string of the molecule is CCOc1ccc(N=C2S[C@H](CC(=O)O)C(=O)N2c2nc(-c3ccccc3)cs2)cc1. The molecule has 1 atom stereocenters. The van der Waals surface area contributed by atoms with E-state index in [1.807, 2.05) is 42.6 Å². The van der Waals surface area contributed by atoms with Gasteiger partial charge in [0.2, 0.25) is 5.91 Å². The van der Waals surface area contributed by atoms with Crippen LogP contribution in [0.2, 0.25) is 0 Å². The number of nitrogens with zero attached hydrogens (tertiary/aromatic N) is 3. The van der Waals surface area contributed by atoms with Gasteiger partial charge in [0.25, 0.3) is 0 Å². The third-order valence-corrected chi connectivity index (χ3v) is 6.38. The van der Waals surface area contributed by atoms with E-state index < -0.39 is 11.2 Å². The summed E-state index contributed by atoms with van der Waals surface area (Å²) in [6.45, 7) is 2.48. The van der Waals surface area contributed by atoms with Crippen LogP contribution in [-0.2, 0) is 9.59 Å². The number of hydrogen-bond donors (Lipinski definition) is 1. The van der Waals surface area contributed by atoms with Crippen LogP contribution in [0.3, 0.4) is 0 Å². The number of hydrogen-bond acceptors (Lipinski definition) is 7. The predicted octanol–water partition coefficient (Wildman–Crippen LogP) is 4.82. The zero-order chi connectivity index (χ0) is 21.8. The number of amidine groups is 1. The van der Waals surface area contributed by atoms with Crippen molar-refractivity contribution >= 4 is 51.0 Å². The highest BCUT2D eigenvalue weighted by Crippen LogP contribution is 2.38. The molecule has 2 aromatic carbocycles. The molecule has 0 unspecified atom stereocenters. The summed E-state index contributed by atoms with van der Waals surface area (Å²) in [5, 5.41) is 11.2. The summed E-state index contributed by atoms with van der Waals surface area (Å²) in [4.78, 5) is 34.9. The molecule has 1 saturated heterocycles. The largest absolute Gasteiger partial charge is 0.494 e. The number of thiazole rings is 1. The Morgan fingerprint density at radius 3 is 2.61 bits per heavy atom. The zero-order valence-corrected chi connectivity index (χ0v) is 18.2. The first-order valence-corrected chi connectivity index (χ1v) is 11.4. The van der Waals surface area contributed by atoms with Crippen LogP contribution in [0.15, 0.2) is 65.0 Å². The van der Waals surface area contributed by atoms with Crippen molar-refractivity contribution in [3.05, 3.63) is 60.0 Å². The Morgan fingerprint density at radius 1 is 1.19 bits per heavy atom. The number of benzene rings is 2. The molecule has 31 heavy (non-hydrogen) atoms. The molecule has 0 aliphatic carbocycles. The topological polar surface area (TPSA) is 92.1 Å². The smallest absolute Gasteiger partial charge is 0.305 e. The minimum Gasteiger partial charge on any atom is -0.494 e. The Morgan fingerprint density at radius 2 is 1.94 bits per heavy atom. The monoisotopic (exact) mass is 453 g/mol. The predicted molar refractivity (Wildman–Crippen MR) is 123 cm³/mol. The third kappa shape index (κ3) is 4.78. The van der Waals surface area contributed by atoms with Crippen molar-refractivity contribution in [2.45, 2.75) is 18.6 Å². The highest BCUT2D eigenvalue weighted by Gasteiger charge is 2.41. The first-order valence-electron chi connectivity index (χ1n) is 9.60. The number of amides is 1. The molecule has 1 aliphatic rings. The number of carboxylic acids is 1. The van der Waals surface area contributed by atoms with Crippen LogP contribution in [0.5, 0.6) is 5.75 Å². The molecule has 1 aromatic heterocycles. The van der Waals surface area contributed by atoms with E-state index in [1.54, 1.807) is 24.3 Å². The van der Waals surface area contributed by atoms with Crippen molar-refractivity contribution in [3.8, 4) is 17.0 Å². The second-order valence-corrected chi connectivity index (χ2v) is 8.59. The third-order valence-electron chi connectivity index (χ3n) is 4.42. The average Bonchev–Trinajstić information content (AvgIpc) is 3.35. The molecule has 0 radical (unpaired) electrons. The van der Waals surface area contributed by atoms with Crippen LogP contribution in [0, 0.1) is 0 Å². The lowest BCUT2D eigenvalue weighted by Crippen LogP contribution is -2.32. The molecular weight excluding hydrogens is 434 g/mol. The molecule has 3 aromatic rings. The number of carboxylic acid groups (broad SMARTS) is 1. The molecule has 7 nitrogen and oxygen atoms in total. The number of aliphatic carboxylic acids is 1. The Balaban J connectivity index is 1.67. The molecule has 0 bridgehead atoms. The van der Waals surface area contributed by atoms with E-state index in [9.17, 15) is 14.7 Å². The van der Waals surface area contributed by atoms with E-state index in [0.717, 1.165) is 28.8 Å². The molecule has 1 amide bonds. The van der Waals surface area contributed by atoms with Crippen LogP contribution < -0.4 is 9.64 Å². The average molecular weight is 454 g/mol. The summed E-state index contributed by atoms with van der Waals surface area (Å²) >= 11 is 2.47. The van der Waals surface area contributed by atoms with Crippen molar-refractivity contribution in [3.63, 3.8) is 0 Å². The van der Waals surface area contributed by atoms with Crippen LogP contribution in [0.25, 0.3) is 11.3 Å². The maximum Gasteiger partial charge on any atom is 0.305 e. The summed E-state index contributed by atoms with van der Waals surface area (Å²) in [5.74, 6) is -0.627. The van der Waals surface area contributed by atoms with Crippen molar-refractivity contribution in [1.29, 1.82) is 0 Å². The van der Waals surface area contributed by atoms with E-state index in [0.29, 0.717) is 22.6 Å². The van der Waals surface area contributed by atoms with E-state index in [2.05, 4.69) is 9.98 Å². The van der Waals surface area contributed by atoms with E-state index in [-0.39, 0.29) is 12.3 Å². The fourth-order valence-electron chi connectivity index (χ4n) is 3.01. The Hall–Kier alpha value is -3.17. The van der Waals surface area contributed by atoms with Gasteiger partial charge >= 0.3 is 5.97 Å². The lowest BCUT2D eigenvalue weighted by molar-refractivity contribution is -0.138. The summed E-state index contributed by atoms with van der Waals surface area (Å²) in [5.41, 5.74) is 2.33. The Labute approximate surface area is 187 Å². The van der Waals surface area contributed by atoms with Gasteiger partial charge in [-0.1, -0.05) is 42.1 Å². The summed E-state index contributed by atoms with van der Waals surface area (Å²) in [7, 11) is 0. The molecule has 1 aliphatic heterocycles. The highest BCUT2D eigenvalue weighted by molar-refractivity contribution is 8.16. The van der Waals surface area contributed by atoms with Gasteiger partial charge in [0.05, 0.1) is 24.4 Å². The zero-order valence-electron chi connectivity index (χ0n) is 16.6. The first-order chi connectivity index (χ1) is 15.0. The van der Waals surface area contributed by atoms with Crippen LogP contribution in [-0.4, -0.2) is 39.0 Å². The van der Waals surface area contributed by atoms with Gasteiger partial charge < -0.3 is 9.84 Å². The maximum atomic E-state index is 13.0. The number of aliphatic imine (C=N–C) groups is 1. The quantitative estimate of drug-likeness (QED) is 0.551. The molecule has 0 saturated carbocycles. The summed E-state index contributed by atoms with van der Waals surface area (Å²) < 4.78 is 5.45. The van der Waals surface area contributed by atoms with Crippen LogP contribution in [0.1, 0.15) is 13.3 Å². The van der Waals surface area contributed by atoms with Crippen molar-refractivity contribution in [2.24, 2.45) is 4.99 Å². The minimum atomic E-state index is -1.03. The lowest BCUT2D eigenvalue weighted by atomic mass is 10.2. The standard InChI is InChI=1S/C22H19N3O4S2/c1-2-29-16-10-8-15(9-11-16)23-22-25(20(28)18(31-22)12-19(26)27)21-24-17(13-30-21)14-6-4-3-5-7-14/h3-11,13,18H,2,12H2,1H3,(H,26,27)/t18-/m1/s1. The Bertz CT molecular complexity index is 1110. The van der Waals surface area contributed by atoms with Gasteiger partial charge in [-0.2, -0.15) is 0 Å². The van der Waals surface area contributed by atoms with Crippen molar-refractivity contribution in [2.75, 3.05) is 11.5 Å². The van der Waals surface area contributed by atoms with Gasteiger partial charge in [0.15, 0.2) is 10.3 Å². The first kappa shape index (κ1) is 21.1. The fraction of sp³-hybridized carbons (Fsp3) is 0.182. The number of thioether (sulfide) groups is 1. The van der Waals surface area contributed by atoms with Gasteiger partial charge in [-0.3, -0.25) is 9.59 Å². The molecule has 4 rings (SSSR count). The Kier molecular flexibility index (Phi) is 6.34.